The Morgan fingerprint density at radius 3 is 2.30 bits per heavy atom. The van der Waals surface area contributed by atoms with Crippen molar-refractivity contribution in [3.8, 4) is 0 Å². The maximum absolute atomic E-state index is 10.6. The molecule has 1 aliphatic carbocycles. The van der Waals surface area contributed by atoms with Crippen molar-refractivity contribution < 1.29 is 9.90 Å². The summed E-state index contributed by atoms with van der Waals surface area (Å²) in [4.78, 5) is 10.6. The molecule has 1 aromatic carbocycles. The molecule has 0 unspecified atom stereocenters. The third-order valence-electron chi connectivity index (χ3n) is 4.40. The fraction of sp³-hybridized carbons (Fsp3) is 0.588. The van der Waals surface area contributed by atoms with Crippen molar-refractivity contribution in [1.82, 2.24) is 5.32 Å². The van der Waals surface area contributed by atoms with Crippen molar-refractivity contribution in [2.24, 2.45) is 5.92 Å². The van der Waals surface area contributed by atoms with Crippen molar-refractivity contribution >= 4 is 5.97 Å². The second-order valence-electron chi connectivity index (χ2n) is 5.89. The van der Waals surface area contributed by atoms with Gasteiger partial charge in [0.25, 0.3) is 0 Å². The van der Waals surface area contributed by atoms with Crippen LogP contribution in [0.25, 0.3) is 0 Å². The smallest absolute Gasteiger partial charge is 0.307 e. The molecular formula is C17H25NO2. The number of rotatable bonds is 6. The van der Waals surface area contributed by atoms with Crippen LogP contribution in [0.1, 0.15) is 50.2 Å². The van der Waals surface area contributed by atoms with Gasteiger partial charge in [-0.05, 0) is 42.7 Å². The lowest BCUT2D eigenvalue weighted by Crippen LogP contribution is -2.32. The summed E-state index contributed by atoms with van der Waals surface area (Å²) in [6.07, 6.45) is 6.70. The van der Waals surface area contributed by atoms with Crippen LogP contribution in [-0.2, 0) is 17.8 Å². The Bertz CT molecular complexity index is 419. The van der Waals surface area contributed by atoms with Gasteiger partial charge >= 0.3 is 5.97 Å². The SMILES string of the molecule is CCC1CCC(NCc2ccc(CC(=O)O)cc2)CC1. The molecule has 0 aromatic heterocycles. The van der Waals surface area contributed by atoms with E-state index in [1.165, 1.54) is 37.7 Å². The van der Waals surface area contributed by atoms with E-state index in [2.05, 4.69) is 12.2 Å². The third-order valence-corrected chi connectivity index (χ3v) is 4.40. The summed E-state index contributed by atoms with van der Waals surface area (Å²) in [7, 11) is 0. The zero-order chi connectivity index (χ0) is 14.4. The number of benzene rings is 1. The Morgan fingerprint density at radius 2 is 1.75 bits per heavy atom. The first kappa shape index (κ1) is 15.0. The van der Waals surface area contributed by atoms with E-state index in [0.29, 0.717) is 6.04 Å². The van der Waals surface area contributed by atoms with Gasteiger partial charge in [-0.3, -0.25) is 4.79 Å². The van der Waals surface area contributed by atoms with E-state index in [-0.39, 0.29) is 6.42 Å². The zero-order valence-electron chi connectivity index (χ0n) is 12.3. The van der Waals surface area contributed by atoms with Crippen molar-refractivity contribution in [2.45, 2.75) is 58.0 Å². The molecule has 0 radical (unpaired) electrons. The standard InChI is InChI=1S/C17H25NO2/c1-2-13-7-9-16(10-8-13)18-12-15-5-3-14(4-6-15)11-17(19)20/h3-6,13,16,18H,2,7-12H2,1H3,(H,19,20). The molecule has 110 valence electrons. The molecule has 1 saturated carbocycles. The molecule has 0 bridgehead atoms. The summed E-state index contributed by atoms with van der Waals surface area (Å²) in [5.74, 6) is 0.159. The van der Waals surface area contributed by atoms with Crippen molar-refractivity contribution in [3.63, 3.8) is 0 Å². The van der Waals surface area contributed by atoms with Crippen LogP contribution >= 0.6 is 0 Å². The second-order valence-corrected chi connectivity index (χ2v) is 5.89. The van der Waals surface area contributed by atoms with E-state index in [9.17, 15) is 4.79 Å². The van der Waals surface area contributed by atoms with E-state index in [4.69, 9.17) is 5.11 Å². The number of nitrogens with one attached hydrogen (secondary N) is 1. The lowest BCUT2D eigenvalue weighted by Gasteiger charge is -2.28. The summed E-state index contributed by atoms with van der Waals surface area (Å²) in [6, 6.07) is 8.54. The number of carboxylic acids is 1. The highest BCUT2D eigenvalue weighted by Gasteiger charge is 2.19. The Labute approximate surface area is 121 Å². The minimum absolute atomic E-state index is 0.106. The molecule has 3 heteroatoms. The first-order valence-corrected chi connectivity index (χ1v) is 7.70. The van der Waals surface area contributed by atoms with E-state index in [1.807, 2.05) is 24.3 Å². The molecule has 1 aromatic rings. The topological polar surface area (TPSA) is 49.3 Å². The quantitative estimate of drug-likeness (QED) is 0.837. The molecule has 1 aliphatic rings. The summed E-state index contributed by atoms with van der Waals surface area (Å²) in [5, 5.41) is 12.4. The van der Waals surface area contributed by atoms with Crippen LogP contribution < -0.4 is 5.32 Å². The van der Waals surface area contributed by atoms with Gasteiger partial charge in [0.1, 0.15) is 0 Å². The van der Waals surface area contributed by atoms with Gasteiger partial charge in [-0.2, -0.15) is 0 Å². The van der Waals surface area contributed by atoms with Gasteiger partial charge in [0, 0.05) is 12.6 Å². The maximum atomic E-state index is 10.6. The molecule has 0 spiro atoms. The van der Waals surface area contributed by atoms with Gasteiger partial charge < -0.3 is 10.4 Å². The normalized spacial score (nSPS) is 22.6. The molecular weight excluding hydrogens is 250 g/mol. The van der Waals surface area contributed by atoms with Crippen LogP contribution in [0.15, 0.2) is 24.3 Å². The van der Waals surface area contributed by atoms with Gasteiger partial charge in [-0.15, -0.1) is 0 Å². The zero-order valence-corrected chi connectivity index (χ0v) is 12.3. The number of aliphatic carboxylic acids is 1. The number of hydrogen-bond donors (Lipinski definition) is 2. The van der Waals surface area contributed by atoms with E-state index in [1.54, 1.807) is 0 Å². The molecule has 0 aliphatic heterocycles. The minimum Gasteiger partial charge on any atom is -0.481 e. The van der Waals surface area contributed by atoms with Gasteiger partial charge in [0.15, 0.2) is 0 Å². The van der Waals surface area contributed by atoms with Gasteiger partial charge in [0.2, 0.25) is 0 Å². The van der Waals surface area contributed by atoms with Crippen LogP contribution in [0, 0.1) is 5.92 Å². The van der Waals surface area contributed by atoms with Gasteiger partial charge in [0.05, 0.1) is 6.42 Å². The molecule has 2 rings (SSSR count). The summed E-state index contributed by atoms with van der Waals surface area (Å²) in [5.41, 5.74) is 2.10. The fourth-order valence-electron chi connectivity index (χ4n) is 2.99. The molecule has 0 heterocycles. The molecule has 3 nitrogen and oxygen atoms in total. The van der Waals surface area contributed by atoms with Crippen molar-refractivity contribution in [3.05, 3.63) is 35.4 Å². The van der Waals surface area contributed by atoms with E-state index < -0.39 is 5.97 Å². The molecule has 2 N–H and O–H groups in total. The highest BCUT2D eigenvalue weighted by Crippen LogP contribution is 2.26. The summed E-state index contributed by atoms with van der Waals surface area (Å²) in [6.45, 7) is 3.17. The molecule has 0 saturated heterocycles. The summed E-state index contributed by atoms with van der Waals surface area (Å²) < 4.78 is 0. The molecule has 20 heavy (non-hydrogen) atoms. The fourth-order valence-corrected chi connectivity index (χ4v) is 2.99. The third kappa shape index (κ3) is 4.64. The highest BCUT2D eigenvalue weighted by atomic mass is 16.4. The lowest BCUT2D eigenvalue weighted by molar-refractivity contribution is -0.136. The summed E-state index contributed by atoms with van der Waals surface area (Å²) >= 11 is 0. The van der Waals surface area contributed by atoms with Gasteiger partial charge in [-0.1, -0.05) is 37.6 Å². The monoisotopic (exact) mass is 275 g/mol. The largest absolute Gasteiger partial charge is 0.481 e. The number of hydrogen-bond acceptors (Lipinski definition) is 2. The van der Waals surface area contributed by atoms with Crippen LogP contribution in [0.2, 0.25) is 0 Å². The van der Waals surface area contributed by atoms with Crippen LogP contribution in [-0.4, -0.2) is 17.1 Å². The van der Waals surface area contributed by atoms with E-state index >= 15 is 0 Å². The second kappa shape index (κ2) is 7.44. The lowest BCUT2D eigenvalue weighted by atomic mass is 9.84. The Kier molecular flexibility index (Phi) is 5.60. The predicted molar refractivity (Wildman–Crippen MR) is 80.7 cm³/mol. The Balaban J connectivity index is 1.75. The van der Waals surface area contributed by atoms with Crippen LogP contribution in [0.5, 0.6) is 0 Å². The maximum Gasteiger partial charge on any atom is 0.307 e. The Morgan fingerprint density at radius 1 is 1.15 bits per heavy atom. The van der Waals surface area contributed by atoms with Crippen LogP contribution in [0.3, 0.4) is 0 Å². The van der Waals surface area contributed by atoms with Gasteiger partial charge in [-0.25, -0.2) is 0 Å². The van der Waals surface area contributed by atoms with Crippen molar-refractivity contribution in [1.29, 1.82) is 0 Å². The average Bonchev–Trinajstić information content (AvgIpc) is 2.46. The highest BCUT2D eigenvalue weighted by molar-refractivity contribution is 5.70. The molecule has 0 atom stereocenters. The predicted octanol–water partition coefficient (Wildman–Crippen LogP) is 3.37. The number of carbonyl (C=O) groups is 1. The first-order valence-electron chi connectivity index (χ1n) is 7.70. The molecule has 1 fully saturated rings. The van der Waals surface area contributed by atoms with Crippen LogP contribution in [0.4, 0.5) is 0 Å². The first-order chi connectivity index (χ1) is 9.67. The average molecular weight is 275 g/mol. The Hall–Kier alpha value is -1.35. The molecule has 0 amide bonds. The van der Waals surface area contributed by atoms with E-state index in [0.717, 1.165) is 18.0 Å². The number of carboxylic acid groups (broad SMARTS) is 1. The minimum atomic E-state index is -0.774. The van der Waals surface area contributed by atoms with Crippen molar-refractivity contribution in [2.75, 3.05) is 0 Å².